The van der Waals surface area contributed by atoms with Crippen LogP contribution in [0.25, 0.3) is 78.3 Å². The summed E-state index contributed by atoms with van der Waals surface area (Å²) in [5.41, 5.74) is 21.9. The SMILES string of the molecule is Cc1ccc(-c2ccc(-c3ccccc3-c3cc(CCc4ccc(-c5ccccn5)cc4)cc(CCc4ccc(-c5ccccn5)cc4)c3)c(-c3ccc(-c4ccc(C#N)c(F)c4)c(C(C)C)c3)c2)nc1. The molecule has 0 fully saturated rings. The largest absolute Gasteiger partial charge is 0.256 e. The van der Waals surface area contributed by atoms with Crippen LogP contribution in [-0.4, -0.2) is 15.0 Å². The van der Waals surface area contributed by atoms with Gasteiger partial charge >= 0.3 is 0 Å². The number of nitriles is 1. The second kappa shape index (κ2) is 21.0. The maximum absolute atomic E-state index is 15.1. The van der Waals surface area contributed by atoms with E-state index >= 15 is 4.39 Å². The van der Waals surface area contributed by atoms with Crippen molar-refractivity contribution in [2.24, 2.45) is 0 Å². The first-order valence-corrected chi connectivity index (χ1v) is 24.4. The number of aromatic nitrogens is 3. The first kappa shape index (κ1) is 46.2. The number of pyridine rings is 3. The Morgan fingerprint density at radius 1 is 0.423 bits per heavy atom. The van der Waals surface area contributed by atoms with Gasteiger partial charge in [0.2, 0.25) is 0 Å². The molecule has 0 atom stereocenters. The van der Waals surface area contributed by atoms with E-state index in [0.717, 1.165) is 110 Å². The van der Waals surface area contributed by atoms with E-state index in [0.29, 0.717) is 0 Å². The Kier molecular flexibility index (Phi) is 13.6. The maximum atomic E-state index is 15.1. The lowest BCUT2D eigenvalue weighted by Gasteiger charge is -2.20. The van der Waals surface area contributed by atoms with Crippen LogP contribution in [0.5, 0.6) is 0 Å². The van der Waals surface area contributed by atoms with Gasteiger partial charge in [-0.15, -0.1) is 0 Å². The van der Waals surface area contributed by atoms with Crippen LogP contribution in [0.4, 0.5) is 4.39 Å². The van der Waals surface area contributed by atoms with E-state index in [2.05, 4.69) is 170 Å². The minimum absolute atomic E-state index is 0.0394. The summed E-state index contributed by atoms with van der Waals surface area (Å²) < 4.78 is 15.1. The molecule has 0 saturated heterocycles. The zero-order valence-electron chi connectivity index (χ0n) is 40.3. The summed E-state index contributed by atoms with van der Waals surface area (Å²) >= 11 is 0. The Morgan fingerprint density at radius 2 is 0.944 bits per heavy atom. The third-order valence-corrected chi connectivity index (χ3v) is 13.4. The van der Waals surface area contributed by atoms with Crippen LogP contribution in [0.3, 0.4) is 0 Å². The lowest BCUT2D eigenvalue weighted by atomic mass is 9.84. The van der Waals surface area contributed by atoms with Crippen molar-refractivity contribution >= 4 is 0 Å². The van der Waals surface area contributed by atoms with Crippen molar-refractivity contribution in [2.45, 2.75) is 52.4 Å². The predicted octanol–water partition coefficient (Wildman–Crippen LogP) is 16.6. The highest BCUT2D eigenvalue weighted by atomic mass is 19.1. The summed E-state index contributed by atoms with van der Waals surface area (Å²) in [5, 5.41) is 9.46. The van der Waals surface area contributed by atoms with Gasteiger partial charge in [-0.2, -0.15) is 5.26 Å². The Hall–Kier alpha value is -8.59. The van der Waals surface area contributed by atoms with Crippen LogP contribution >= 0.6 is 0 Å². The van der Waals surface area contributed by atoms with Gasteiger partial charge in [0.05, 0.1) is 22.6 Å². The van der Waals surface area contributed by atoms with Crippen molar-refractivity contribution in [1.82, 2.24) is 15.0 Å². The number of benzene rings is 7. The summed E-state index contributed by atoms with van der Waals surface area (Å²) in [7, 11) is 0. The lowest BCUT2D eigenvalue weighted by molar-refractivity contribution is 0.624. The molecule has 3 aromatic heterocycles. The molecule has 0 bridgehead atoms. The quantitative estimate of drug-likeness (QED) is 0.109. The van der Waals surface area contributed by atoms with E-state index in [1.807, 2.05) is 67.1 Å². The molecule has 0 radical (unpaired) electrons. The molecule has 7 aromatic carbocycles. The van der Waals surface area contributed by atoms with Crippen molar-refractivity contribution in [2.75, 3.05) is 0 Å². The van der Waals surface area contributed by atoms with Crippen LogP contribution < -0.4 is 0 Å². The summed E-state index contributed by atoms with van der Waals surface area (Å²) in [6.07, 6.45) is 9.19. The molecule has 0 aliphatic heterocycles. The van der Waals surface area contributed by atoms with E-state index in [9.17, 15) is 5.26 Å². The van der Waals surface area contributed by atoms with Gasteiger partial charge in [0, 0.05) is 35.3 Å². The van der Waals surface area contributed by atoms with Crippen LogP contribution in [-0.2, 0) is 25.7 Å². The second-order valence-electron chi connectivity index (χ2n) is 18.7. The molecule has 0 amide bonds. The average molecular weight is 921 g/mol. The molecule has 71 heavy (non-hydrogen) atoms. The van der Waals surface area contributed by atoms with E-state index in [1.54, 1.807) is 6.07 Å². The Bertz CT molecular complexity index is 3400. The number of hydrogen-bond donors (Lipinski definition) is 0. The Morgan fingerprint density at radius 3 is 1.51 bits per heavy atom. The molecule has 4 nitrogen and oxygen atoms in total. The molecular weight excluding hydrogens is 868 g/mol. The Labute approximate surface area is 416 Å². The molecule has 344 valence electrons. The minimum Gasteiger partial charge on any atom is -0.256 e. The summed E-state index contributed by atoms with van der Waals surface area (Å²) in [6, 6.07) is 69.9. The number of rotatable bonds is 14. The van der Waals surface area contributed by atoms with Crippen LogP contribution in [0.1, 0.15) is 58.7 Å². The topological polar surface area (TPSA) is 62.5 Å². The van der Waals surface area contributed by atoms with Gasteiger partial charge in [-0.3, -0.25) is 15.0 Å². The zero-order chi connectivity index (χ0) is 48.7. The minimum atomic E-state index is -0.515. The van der Waals surface area contributed by atoms with Crippen LogP contribution in [0.15, 0.2) is 213 Å². The van der Waals surface area contributed by atoms with Crippen molar-refractivity contribution < 1.29 is 4.39 Å². The normalized spacial score (nSPS) is 11.2. The van der Waals surface area contributed by atoms with E-state index < -0.39 is 5.82 Å². The molecule has 5 heteroatoms. The van der Waals surface area contributed by atoms with Crippen LogP contribution in [0, 0.1) is 24.1 Å². The molecule has 0 unspecified atom stereocenters. The smallest absolute Gasteiger partial charge is 0.141 e. The third kappa shape index (κ3) is 10.5. The highest BCUT2D eigenvalue weighted by Crippen LogP contribution is 2.43. The molecular formula is C66H53FN4. The molecule has 0 aliphatic rings. The summed E-state index contributed by atoms with van der Waals surface area (Å²) in [4.78, 5) is 14.0. The first-order chi connectivity index (χ1) is 34.8. The molecule has 10 aromatic rings. The highest BCUT2D eigenvalue weighted by Gasteiger charge is 2.19. The van der Waals surface area contributed by atoms with Gasteiger partial charge in [-0.1, -0.05) is 159 Å². The monoisotopic (exact) mass is 920 g/mol. The number of nitrogens with zero attached hydrogens (tertiary/aromatic N) is 4. The molecule has 0 saturated carbocycles. The standard InChI is InChI=1S/C66H53FN4/c1-44(2)61-39-52(29-31-58(61)53-27-28-55(42-68)63(67)41-53)62-40-54(66-33-14-45(3)43-71-66)30-32-60(62)59-11-5-4-10-57(59)56-37-48(17-15-46-19-23-50(24-20-46)64-12-6-8-34-69-64)36-49(38-56)18-16-47-21-25-51(26-22-47)65-13-7-9-35-70-65/h4-14,19-41,43-44H,15-18H2,1-3H3. The van der Waals surface area contributed by atoms with Gasteiger partial charge in [0.1, 0.15) is 11.9 Å². The van der Waals surface area contributed by atoms with Gasteiger partial charge in [0.15, 0.2) is 0 Å². The predicted molar refractivity (Wildman–Crippen MR) is 289 cm³/mol. The van der Waals surface area contributed by atoms with Crippen molar-refractivity contribution in [3.8, 4) is 84.3 Å². The molecule has 0 spiro atoms. The highest BCUT2D eigenvalue weighted by molar-refractivity contribution is 5.94. The average Bonchev–Trinajstić information content (AvgIpc) is 3.42. The van der Waals surface area contributed by atoms with Crippen molar-refractivity contribution in [1.29, 1.82) is 5.26 Å². The zero-order valence-corrected chi connectivity index (χ0v) is 40.3. The number of aryl methyl sites for hydroxylation is 5. The van der Waals surface area contributed by atoms with Gasteiger partial charge in [-0.25, -0.2) is 4.39 Å². The number of halogens is 1. The summed E-state index contributed by atoms with van der Waals surface area (Å²) in [5.74, 6) is -0.376. The molecule has 0 aliphatic carbocycles. The van der Waals surface area contributed by atoms with E-state index in [-0.39, 0.29) is 11.5 Å². The van der Waals surface area contributed by atoms with Gasteiger partial charge < -0.3 is 0 Å². The van der Waals surface area contributed by atoms with Crippen molar-refractivity contribution in [3.05, 3.63) is 257 Å². The van der Waals surface area contributed by atoms with E-state index in [4.69, 9.17) is 4.98 Å². The first-order valence-electron chi connectivity index (χ1n) is 24.4. The number of hydrogen-bond acceptors (Lipinski definition) is 4. The lowest BCUT2D eigenvalue weighted by Crippen LogP contribution is -1.99. The molecule has 10 rings (SSSR count). The Balaban J connectivity index is 1.05. The third-order valence-electron chi connectivity index (χ3n) is 13.4. The maximum Gasteiger partial charge on any atom is 0.141 e. The molecule has 3 heterocycles. The fourth-order valence-corrected chi connectivity index (χ4v) is 9.57. The van der Waals surface area contributed by atoms with Crippen molar-refractivity contribution in [3.63, 3.8) is 0 Å². The molecule has 0 N–H and O–H groups in total. The second-order valence-corrected chi connectivity index (χ2v) is 18.7. The van der Waals surface area contributed by atoms with E-state index in [1.165, 1.54) is 33.9 Å². The van der Waals surface area contributed by atoms with Crippen LogP contribution in [0.2, 0.25) is 0 Å². The van der Waals surface area contributed by atoms with Gasteiger partial charge in [-0.05, 0) is 165 Å². The fourth-order valence-electron chi connectivity index (χ4n) is 9.57. The summed E-state index contributed by atoms with van der Waals surface area (Å²) in [6.45, 7) is 6.40. The fraction of sp³-hybridized carbons (Fsp3) is 0.121. The van der Waals surface area contributed by atoms with Gasteiger partial charge in [0.25, 0.3) is 0 Å².